The summed E-state index contributed by atoms with van der Waals surface area (Å²) in [6, 6.07) is 5.48. The second kappa shape index (κ2) is 7.31. The molecule has 1 aliphatic rings. The highest BCUT2D eigenvalue weighted by molar-refractivity contribution is 5.94. The highest BCUT2D eigenvalue weighted by Crippen LogP contribution is 2.22. The van der Waals surface area contributed by atoms with Crippen molar-refractivity contribution in [2.75, 3.05) is 11.9 Å². The van der Waals surface area contributed by atoms with E-state index in [1.54, 1.807) is 0 Å². The minimum absolute atomic E-state index is 0.00171. The van der Waals surface area contributed by atoms with Crippen molar-refractivity contribution in [2.24, 2.45) is 7.05 Å². The van der Waals surface area contributed by atoms with E-state index in [1.165, 1.54) is 0 Å². The Balaban J connectivity index is 1.69. The van der Waals surface area contributed by atoms with Crippen molar-refractivity contribution in [3.63, 3.8) is 0 Å². The zero-order valence-corrected chi connectivity index (χ0v) is 15.4. The zero-order valence-electron chi connectivity index (χ0n) is 15.4. The number of hydrogen-bond acceptors (Lipinski definition) is 5. The van der Waals surface area contributed by atoms with E-state index in [2.05, 4.69) is 39.2 Å². The lowest BCUT2D eigenvalue weighted by molar-refractivity contribution is -0.120. The lowest BCUT2D eigenvalue weighted by atomic mass is 10.2. The van der Waals surface area contributed by atoms with E-state index in [9.17, 15) is 4.79 Å². The first-order valence-electron chi connectivity index (χ1n) is 8.82. The number of carbonyl (C=O) groups is 1. The minimum Gasteiger partial charge on any atom is -0.317 e. The molecule has 3 rings (SSSR count). The van der Waals surface area contributed by atoms with Gasteiger partial charge in [-0.25, -0.2) is 4.98 Å². The van der Waals surface area contributed by atoms with Gasteiger partial charge in [0, 0.05) is 18.7 Å². The van der Waals surface area contributed by atoms with Crippen molar-refractivity contribution in [3.05, 3.63) is 35.5 Å². The van der Waals surface area contributed by atoms with Crippen LogP contribution >= 0.6 is 0 Å². The van der Waals surface area contributed by atoms with E-state index in [0.717, 1.165) is 36.7 Å². The second-order valence-corrected chi connectivity index (χ2v) is 6.97. The minimum atomic E-state index is -0.151. The van der Waals surface area contributed by atoms with Crippen LogP contribution in [0.2, 0.25) is 0 Å². The molecule has 0 aliphatic carbocycles. The van der Waals surface area contributed by atoms with Gasteiger partial charge in [0.25, 0.3) is 0 Å². The fraction of sp³-hybridized carbons (Fsp3) is 0.556. The quantitative estimate of drug-likeness (QED) is 0.902. The lowest BCUT2D eigenvalue weighted by Crippen LogP contribution is -2.39. The fourth-order valence-electron chi connectivity index (χ4n) is 3.33. The Labute approximate surface area is 148 Å². The van der Waals surface area contributed by atoms with Crippen molar-refractivity contribution in [3.8, 4) is 0 Å². The Morgan fingerprint density at radius 3 is 2.84 bits per heavy atom. The number of hydrogen-bond donors (Lipinski definition) is 1. The fourth-order valence-corrected chi connectivity index (χ4v) is 3.33. The molecule has 1 saturated heterocycles. The molecule has 2 aromatic heterocycles. The highest BCUT2D eigenvalue weighted by atomic mass is 16.2. The average molecular weight is 342 g/mol. The molecule has 134 valence electrons. The summed E-state index contributed by atoms with van der Waals surface area (Å²) in [5.41, 5.74) is 0.890. The molecule has 1 aliphatic heterocycles. The summed E-state index contributed by atoms with van der Waals surface area (Å²) in [6.45, 7) is 7.65. The number of nitrogens with one attached hydrogen (secondary N) is 1. The Morgan fingerprint density at radius 2 is 2.16 bits per heavy atom. The van der Waals surface area contributed by atoms with Gasteiger partial charge in [0.2, 0.25) is 5.91 Å². The molecule has 0 saturated carbocycles. The van der Waals surface area contributed by atoms with Crippen LogP contribution in [0.1, 0.15) is 49.9 Å². The summed E-state index contributed by atoms with van der Waals surface area (Å²) in [7, 11) is 1.99. The monoisotopic (exact) mass is 342 g/mol. The number of aromatic nitrogens is 4. The molecule has 0 bridgehead atoms. The average Bonchev–Trinajstić information content (AvgIpc) is 3.15. The van der Waals surface area contributed by atoms with Gasteiger partial charge in [-0.1, -0.05) is 19.9 Å². The number of amides is 1. The number of likely N-dealkylation sites (tertiary alicyclic amines) is 1. The molecule has 2 aromatic rings. The van der Waals surface area contributed by atoms with Crippen molar-refractivity contribution >= 4 is 11.7 Å². The molecule has 1 fully saturated rings. The van der Waals surface area contributed by atoms with E-state index in [1.807, 2.05) is 36.7 Å². The summed E-state index contributed by atoms with van der Waals surface area (Å²) in [5, 5.41) is 11.5. The molecular weight excluding hydrogens is 316 g/mol. The molecule has 25 heavy (non-hydrogen) atoms. The van der Waals surface area contributed by atoms with E-state index < -0.39 is 0 Å². The third-order valence-electron chi connectivity index (χ3n) is 4.67. The van der Waals surface area contributed by atoms with Crippen LogP contribution < -0.4 is 5.32 Å². The molecule has 0 radical (unpaired) electrons. The maximum absolute atomic E-state index is 12.7. The molecule has 0 spiro atoms. The van der Waals surface area contributed by atoms with Crippen molar-refractivity contribution in [1.82, 2.24) is 24.6 Å². The summed E-state index contributed by atoms with van der Waals surface area (Å²) in [5.74, 6) is 2.81. The van der Waals surface area contributed by atoms with Gasteiger partial charge in [0.05, 0.1) is 12.6 Å². The topological polar surface area (TPSA) is 75.9 Å². The molecule has 0 unspecified atom stereocenters. The van der Waals surface area contributed by atoms with Gasteiger partial charge in [-0.05, 0) is 38.4 Å². The maximum atomic E-state index is 12.7. The molecular formula is C18H26N6O. The van der Waals surface area contributed by atoms with Gasteiger partial charge in [0.1, 0.15) is 17.5 Å². The third-order valence-corrected chi connectivity index (χ3v) is 4.67. The SMILES string of the molecule is Cc1cccc(NC(=O)[C@@H]2CCCN2Cc2nnc(C(C)C)n2C)n1. The van der Waals surface area contributed by atoms with E-state index in [4.69, 9.17) is 0 Å². The highest BCUT2D eigenvalue weighted by Gasteiger charge is 2.32. The summed E-state index contributed by atoms with van der Waals surface area (Å²) >= 11 is 0. The maximum Gasteiger partial charge on any atom is 0.242 e. The third kappa shape index (κ3) is 3.87. The molecule has 0 aromatic carbocycles. The van der Waals surface area contributed by atoms with E-state index in [-0.39, 0.29) is 11.9 Å². The summed E-state index contributed by atoms with van der Waals surface area (Å²) < 4.78 is 2.04. The van der Waals surface area contributed by atoms with Gasteiger partial charge in [-0.2, -0.15) is 0 Å². The van der Waals surface area contributed by atoms with Crippen LogP contribution in [-0.2, 0) is 18.4 Å². The number of anilines is 1. The van der Waals surface area contributed by atoms with Crippen LogP contribution in [-0.4, -0.2) is 43.1 Å². The molecule has 1 amide bonds. The van der Waals surface area contributed by atoms with E-state index in [0.29, 0.717) is 18.3 Å². The van der Waals surface area contributed by atoms with Crippen molar-refractivity contribution < 1.29 is 4.79 Å². The van der Waals surface area contributed by atoms with Crippen LogP contribution in [0.5, 0.6) is 0 Å². The van der Waals surface area contributed by atoms with Gasteiger partial charge in [-0.15, -0.1) is 10.2 Å². The van der Waals surface area contributed by atoms with Crippen LogP contribution in [0.15, 0.2) is 18.2 Å². The first-order chi connectivity index (χ1) is 12.0. The van der Waals surface area contributed by atoms with Crippen LogP contribution in [0.3, 0.4) is 0 Å². The molecule has 7 nitrogen and oxygen atoms in total. The van der Waals surface area contributed by atoms with Crippen LogP contribution in [0, 0.1) is 6.92 Å². The number of aryl methyl sites for hydroxylation is 1. The Bertz CT molecular complexity index is 754. The summed E-state index contributed by atoms with van der Waals surface area (Å²) in [4.78, 5) is 19.2. The standard InChI is InChI=1S/C18H26N6O/c1-12(2)17-22-21-16(23(17)4)11-24-10-6-8-14(24)18(25)20-15-9-5-7-13(3)19-15/h5,7,9,12,14H,6,8,10-11H2,1-4H3,(H,19,20,25)/t14-/m0/s1. The van der Waals surface area contributed by atoms with E-state index >= 15 is 0 Å². The smallest absolute Gasteiger partial charge is 0.242 e. The first kappa shape index (κ1) is 17.5. The second-order valence-electron chi connectivity index (χ2n) is 6.97. The number of rotatable bonds is 5. The van der Waals surface area contributed by atoms with Crippen molar-refractivity contribution in [2.45, 2.75) is 52.1 Å². The van der Waals surface area contributed by atoms with Crippen molar-refractivity contribution in [1.29, 1.82) is 0 Å². The zero-order chi connectivity index (χ0) is 18.0. The van der Waals surface area contributed by atoms with Gasteiger partial charge in [0.15, 0.2) is 0 Å². The predicted octanol–water partition coefficient (Wildman–Crippen LogP) is 2.25. The largest absolute Gasteiger partial charge is 0.317 e. The number of pyridine rings is 1. The molecule has 3 heterocycles. The number of carbonyl (C=O) groups excluding carboxylic acids is 1. The van der Waals surface area contributed by atoms with Gasteiger partial charge in [-0.3, -0.25) is 9.69 Å². The summed E-state index contributed by atoms with van der Waals surface area (Å²) in [6.07, 6.45) is 1.86. The molecule has 1 atom stereocenters. The number of nitrogens with zero attached hydrogens (tertiary/aromatic N) is 5. The molecule has 7 heteroatoms. The normalized spacial score (nSPS) is 18.0. The Morgan fingerprint density at radius 1 is 1.36 bits per heavy atom. The van der Waals surface area contributed by atoms with Gasteiger partial charge >= 0.3 is 0 Å². The Kier molecular flexibility index (Phi) is 5.13. The van der Waals surface area contributed by atoms with Crippen LogP contribution in [0.4, 0.5) is 5.82 Å². The molecule has 1 N–H and O–H groups in total. The van der Waals surface area contributed by atoms with Gasteiger partial charge < -0.3 is 9.88 Å². The predicted molar refractivity (Wildman–Crippen MR) is 96.1 cm³/mol. The Hall–Kier alpha value is -2.28. The lowest BCUT2D eigenvalue weighted by Gasteiger charge is -2.23. The first-order valence-corrected chi connectivity index (χ1v) is 8.82. The van der Waals surface area contributed by atoms with Crippen LogP contribution in [0.25, 0.3) is 0 Å².